The van der Waals surface area contributed by atoms with E-state index in [1.54, 1.807) is 7.11 Å². The van der Waals surface area contributed by atoms with Crippen LogP contribution < -0.4 is 4.74 Å². The standard InChI is InChI=1S/C36H42N2O.C4H12NSi2.C4H8O.Y/c1-23-17-18-32(39-10)31(19-23)38-30-16-12-14-25(3)34(30)33-24(2)13-11-15-29(33)37-28-21-26(35(4,5)6)20-27(22-28)36(7,8)9;1-6(2)5-7(3)4;1-2-4-5-3-1;/h11-22H,1-10H3;1-4H3;1-4H2;/q-2;-1;;+3. The molecule has 276 valence electrons. The molecule has 1 aliphatic heterocycles. The summed E-state index contributed by atoms with van der Waals surface area (Å²) in [5.74, 6) is 0.761. The first kappa shape index (κ1) is 45.9. The maximum atomic E-state index is 5.64. The van der Waals surface area contributed by atoms with Crippen LogP contribution in [0.4, 0.5) is 22.7 Å². The SMILES string of the molecule is C1CCOC1.COc1ccc(C)cc1[N-]c1cccc(C)c1-c1c(C)cccc1[N-]c1cc(C(C)(C)C)cc(C(C)(C)C)c1.C[Si](C)[N-][Si](C)C.[Y+3]. The Labute approximate surface area is 345 Å². The van der Waals surface area contributed by atoms with Crippen molar-refractivity contribution in [2.75, 3.05) is 20.3 Å². The van der Waals surface area contributed by atoms with Gasteiger partial charge in [0.05, 0.1) is 7.11 Å². The maximum absolute atomic E-state index is 5.64. The molecule has 1 heterocycles. The zero-order valence-electron chi connectivity index (χ0n) is 34.5. The summed E-state index contributed by atoms with van der Waals surface area (Å²) in [6.07, 6.45) is 2.56. The smallest absolute Gasteiger partial charge is 0.673 e. The molecule has 5 nitrogen and oxygen atoms in total. The van der Waals surface area contributed by atoms with Crippen LogP contribution in [0.5, 0.6) is 5.75 Å². The van der Waals surface area contributed by atoms with Crippen molar-refractivity contribution in [1.29, 1.82) is 0 Å². The van der Waals surface area contributed by atoms with Crippen LogP contribution in [0.15, 0.2) is 72.8 Å². The van der Waals surface area contributed by atoms with Gasteiger partial charge < -0.3 is 24.8 Å². The summed E-state index contributed by atoms with van der Waals surface area (Å²) in [5.41, 5.74) is 12.0. The number of hydrogen-bond acceptors (Lipinski definition) is 2. The zero-order chi connectivity index (χ0) is 37.9. The van der Waals surface area contributed by atoms with Gasteiger partial charge in [0.1, 0.15) is 5.75 Å². The molecule has 0 saturated carbocycles. The summed E-state index contributed by atoms with van der Waals surface area (Å²) >= 11 is 0. The van der Waals surface area contributed by atoms with Crippen LogP contribution in [0.2, 0.25) is 26.2 Å². The van der Waals surface area contributed by atoms with Crippen LogP contribution in [0.25, 0.3) is 26.4 Å². The molecule has 0 unspecified atom stereocenters. The Kier molecular flexibility index (Phi) is 18.5. The van der Waals surface area contributed by atoms with Gasteiger partial charge in [-0.1, -0.05) is 164 Å². The van der Waals surface area contributed by atoms with Crippen molar-refractivity contribution in [2.45, 2.75) is 112 Å². The van der Waals surface area contributed by atoms with Crippen LogP contribution in [0.1, 0.15) is 82.2 Å². The van der Waals surface area contributed by atoms with E-state index in [4.69, 9.17) is 20.1 Å². The summed E-state index contributed by atoms with van der Waals surface area (Å²) in [5, 5.41) is 10.4. The van der Waals surface area contributed by atoms with Gasteiger partial charge in [0.15, 0.2) is 0 Å². The second-order valence-electron chi connectivity index (χ2n) is 15.9. The predicted octanol–water partition coefficient (Wildman–Crippen LogP) is 14.2. The first-order valence-electron chi connectivity index (χ1n) is 18.2. The predicted molar refractivity (Wildman–Crippen MR) is 227 cm³/mol. The average Bonchev–Trinajstić information content (AvgIpc) is 3.62. The molecule has 2 radical (unpaired) electrons. The molecule has 5 rings (SSSR count). The number of rotatable bonds is 8. The molecule has 0 bridgehead atoms. The number of methoxy groups -OCH3 is 1. The van der Waals surface area contributed by atoms with Crippen molar-refractivity contribution in [2.24, 2.45) is 0 Å². The van der Waals surface area contributed by atoms with Gasteiger partial charge in [0.25, 0.3) is 0 Å². The molecule has 4 aromatic carbocycles. The molecule has 52 heavy (non-hydrogen) atoms. The molecule has 0 aromatic heterocycles. The summed E-state index contributed by atoms with van der Waals surface area (Å²) < 4.78 is 15.1. The Morgan fingerprint density at radius 3 is 1.48 bits per heavy atom. The Hall–Kier alpha value is -2.26. The van der Waals surface area contributed by atoms with Gasteiger partial charge in [0, 0.05) is 13.2 Å². The van der Waals surface area contributed by atoms with E-state index in [2.05, 4.69) is 154 Å². The fourth-order valence-electron chi connectivity index (χ4n) is 5.80. The Bertz CT molecular complexity index is 1660. The monoisotopic (exact) mass is 809 g/mol. The summed E-state index contributed by atoms with van der Waals surface area (Å²) in [4.78, 5) is 0. The fourth-order valence-corrected chi connectivity index (χ4v) is 9.37. The third kappa shape index (κ3) is 14.2. The van der Waals surface area contributed by atoms with E-state index in [0.717, 1.165) is 64.0 Å². The second kappa shape index (κ2) is 21.0. The van der Waals surface area contributed by atoms with Crippen molar-refractivity contribution < 1.29 is 42.2 Å². The van der Waals surface area contributed by atoms with Gasteiger partial charge in [-0.15, -0.1) is 17.1 Å². The number of ether oxygens (including phenoxy) is 2. The summed E-state index contributed by atoms with van der Waals surface area (Å²) in [6, 6.07) is 25.6. The number of hydrogen-bond donors (Lipinski definition) is 0. The number of aryl methyl sites for hydroxylation is 3. The van der Waals surface area contributed by atoms with Gasteiger partial charge in [-0.2, -0.15) is 0 Å². The molecule has 4 aromatic rings. The number of nitrogens with zero attached hydrogens (tertiary/aromatic N) is 3. The Morgan fingerprint density at radius 1 is 0.615 bits per heavy atom. The minimum Gasteiger partial charge on any atom is -0.673 e. The van der Waals surface area contributed by atoms with Gasteiger partial charge in [-0.25, -0.2) is 0 Å². The van der Waals surface area contributed by atoms with Gasteiger partial charge >= 0.3 is 32.7 Å². The first-order valence-corrected chi connectivity index (χ1v) is 23.1. The molecule has 1 aliphatic rings. The van der Waals surface area contributed by atoms with E-state index >= 15 is 0 Å². The zero-order valence-corrected chi connectivity index (χ0v) is 39.3. The molecular formula is C44H62N3O2Si2Y. The van der Waals surface area contributed by atoms with Crippen LogP contribution in [0.3, 0.4) is 0 Å². The summed E-state index contributed by atoms with van der Waals surface area (Å²) in [7, 11) is 1.16. The second-order valence-corrected chi connectivity index (χ2v) is 20.6. The topological polar surface area (TPSA) is 60.8 Å². The minimum absolute atomic E-state index is 0. The van der Waals surface area contributed by atoms with Crippen LogP contribution in [0, 0.1) is 20.8 Å². The van der Waals surface area contributed by atoms with Gasteiger partial charge in [-0.3, -0.25) is 0 Å². The third-order valence-corrected chi connectivity index (χ3v) is 12.1. The third-order valence-electron chi connectivity index (χ3n) is 8.50. The van der Waals surface area contributed by atoms with Crippen LogP contribution >= 0.6 is 0 Å². The van der Waals surface area contributed by atoms with E-state index < -0.39 is 0 Å². The maximum Gasteiger partial charge on any atom is 3.00 e. The van der Waals surface area contributed by atoms with E-state index in [9.17, 15) is 0 Å². The van der Waals surface area contributed by atoms with Crippen molar-refractivity contribution >= 4 is 40.7 Å². The molecule has 0 amide bonds. The summed E-state index contributed by atoms with van der Waals surface area (Å²) in [6.45, 7) is 30.8. The fraction of sp³-hybridized carbons (Fsp3) is 0.455. The molecule has 1 saturated heterocycles. The molecule has 0 atom stereocenters. The molecule has 0 aliphatic carbocycles. The van der Waals surface area contributed by atoms with Crippen molar-refractivity contribution in [3.05, 3.63) is 116 Å². The van der Waals surface area contributed by atoms with Crippen molar-refractivity contribution in [3.8, 4) is 16.9 Å². The molecule has 1 fully saturated rings. The molecule has 0 spiro atoms. The van der Waals surface area contributed by atoms with E-state index in [1.807, 2.05) is 12.1 Å². The van der Waals surface area contributed by atoms with Gasteiger partial charge in [-0.05, 0) is 83.9 Å². The van der Waals surface area contributed by atoms with E-state index in [-0.39, 0.29) is 61.5 Å². The Morgan fingerprint density at radius 2 is 1.10 bits per heavy atom. The average molecular weight is 810 g/mol. The van der Waals surface area contributed by atoms with E-state index in [1.165, 1.54) is 29.5 Å². The molecule has 0 N–H and O–H groups in total. The van der Waals surface area contributed by atoms with Crippen LogP contribution in [-0.4, -0.2) is 38.2 Å². The largest absolute Gasteiger partial charge is 3.00 e. The Balaban J connectivity index is 0.000000613. The van der Waals surface area contributed by atoms with Gasteiger partial charge in [0.2, 0.25) is 0 Å². The number of benzene rings is 4. The van der Waals surface area contributed by atoms with Crippen molar-refractivity contribution in [3.63, 3.8) is 0 Å². The quantitative estimate of drug-likeness (QED) is 0.166. The first-order chi connectivity index (χ1) is 23.9. The normalized spacial score (nSPS) is 12.7. The van der Waals surface area contributed by atoms with Crippen molar-refractivity contribution in [1.82, 2.24) is 0 Å². The van der Waals surface area contributed by atoms with Crippen LogP contribution in [-0.2, 0) is 48.3 Å². The molecular weight excluding hydrogens is 748 g/mol. The minimum atomic E-state index is -0.264. The molecule has 8 heteroatoms. The van der Waals surface area contributed by atoms with E-state index in [0.29, 0.717) is 0 Å².